The zero-order valence-electron chi connectivity index (χ0n) is 15.9. The number of anilines is 1. The third-order valence-electron chi connectivity index (χ3n) is 3.79. The SMILES string of the molecule is COc1ccccc1NC(=O)[C@H](C)OC(=O)CNC(=O)c1ccccc1OC. The van der Waals surface area contributed by atoms with Gasteiger partial charge < -0.3 is 24.8 Å². The minimum atomic E-state index is -1.06. The molecule has 0 saturated heterocycles. The van der Waals surface area contributed by atoms with Crippen LogP contribution in [0.3, 0.4) is 0 Å². The van der Waals surface area contributed by atoms with Gasteiger partial charge in [0.15, 0.2) is 6.10 Å². The van der Waals surface area contributed by atoms with Crippen molar-refractivity contribution in [2.45, 2.75) is 13.0 Å². The quantitative estimate of drug-likeness (QED) is 0.673. The minimum absolute atomic E-state index is 0.291. The lowest BCUT2D eigenvalue weighted by Crippen LogP contribution is -2.36. The number of ether oxygens (including phenoxy) is 3. The Morgan fingerprint density at radius 1 is 0.929 bits per heavy atom. The van der Waals surface area contributed by atoms with Crippen LogP contribution in [0.4, 0.5) is 5.69 Å². The molecule has 0 aliphatic heterocycles. The highest BCUT2D eigenvalue weighted by Crippen LogP contribution is 2.23. The van der Waals surface area contributed by atoms with Gasteiger partial charge in [0.2, 0.25) is 0 Å². The second-order valence-electron chi connectivity index (χ2n) is 5.70. The zero-order chi connectivity index (χ0) is 20.5. The van der Waals surface area contributed by atoms with Gasteiger partial charge in [0.25, 0.3) is 11.8 Å². The summed E-state index contributed by atoms with van der Waals surface area (Å²) in [5.74, 6) is -0.878. The molecule has 0 heterocycles. The van der Waals surface area contributed by atoms with Gasteiger partial charge in [-0.05, 0) is 31.2 Å². The average Bonchev–Trinajstić information content (AvgIpc) is 2.72. The van der Waals surface area contributed by atoms with Crippen molar-refractivity contribution in [2.75, 3.05) is 26.1 Å². The Morgan fingerprint density at radius 3 is 2.21 bits per heavy atom. The Balaban J connectivity index is 1.86. The first-order valence-electron chi connectivity index (χ1n) is 8.50. The van der Waals surface area contributed by atoms with Crippen molar-refractivity contribution in [3.63, 3.8) is 0 Å². The van der Waals surface area contributed by atoms with Crippen molar-refractivity contribution >= 4 is 23.5 Å². The minimum Gasteiger partial charge on any atom is -0.496 e. The Kier molecular flexibility index (Phi) is 7.38. The highest BCUT2D eigenvalue weighted by molar-refractivity contribution is 5.99. The maximum atomic E-state index is 12.2. The molecule has 2 aromatic carbocycles. The Hall–Kier alpha value is -3.55. The summed E-state index contributed by atoms with van der Waals surface area (Å²) in [5.41, 5.74) is 0.752. The average molecular weight is 386 g/mol. The van der Waals surface area contributed by atoms with E-state index in [1.54, 1.807) is 48.5 Å². The van der Waals surface area contributed by atoms with E-state index in [0.717, 1.165) is 0 Å². The Labute approximate surface area is 162 Å². The lowest BCUT2D eigenvalue weighted by molar-refractivity contribution is -0.152. The Bertz CT molecular complexity index is 852. The number of amides is 2. The van der Waals surface area contributed by atoms with Gasteiger partial charge >= 0.3 is 5.97 Å². The molecular formula is C20H22N2O6. The molecule has 2 amide bonds. The molecule has 0 aliphatic carbocycles. The van der Waals surface area contributed by atoms with Crippen LogP contribution in [-0.4, -0.2) is 44.7 Å². The van der Waals surface area contributed by atoms with Gasteiger partial charge in [0.1, 0.15) is 18.0 Å². The van der Waals surface area contributed by atoms with E-state index in [1.807, 2.05) is 0 Å². The van der Waals surface area contributed by atoms with E-state index in [0.29, 0.717) is 22.7 Å². The number of hydrogen-bond acceptors (Lipinski definition) is 6. The molecule has 0 unspecified atom stereocenters. The number of carbonyl (C=O) groups excluding carboxylic acids is 3. The predicted octanol–water partition coefficient (Wildman–Crippen LogP) is 2.00. The van der Waals surface area contributed by atoms with Crippen molar-refractivity contribution in [3.05, 3.63) is 54.1 Å². The predicted molar refractivity (Wildman–Crippen MR) is 103 cm³/mol. The summed E-state index contributed by atoms with van der Waals surface area (Å²) >= 11 is 0. The number of carbonyl (C=O) groups is 3. The molecule has 2 aromatic rings. The maximum Gasteiger partial charge on any atom is 0.326 e. The number of methoxy groups -OCH3 is 2. The summed E-state index contributed by atoms with van der Waals surface area (Å²) in [5, 5.41) is 5.07. The van der Waals surface area contributed by atoms with Crippen molar-refractivity contribution < 1.29 is 28.6 Å². The number of para-hydroxylation sites is 3. The normalized spacial score (nSPS) is 11.1. The molecule has 0 saturated carbocycles. The van der Waals surface area contributed by atoms with Gasteiger partial charge in [-0.15, -0.1) is 0 Å². The van der Waals surface area contributed by atoms with Crippen LogP contribution in [0.15, 0.2) is 48.5 Å². The fourth-order valence-corrected chi connectivity index (χ4v) is 2.35. The van der Waals surface area contributed by atoms with E-state index in [2.05, 4.69) is 10.6 Å². The van der Waals surface area contributed by atoms with Gasteiger partial charge in [-0.3, -0.25) is 14.4 Å². The summed E-state index contributed by atoms with van der Waals surface area (Å²) in [6.07, 6.45) is -1.06. The highest BCUT2D eigenvalue weighted by Gasteiger charge is 2.20. The summed E-state index contributed by atoms with van der Waals surface area (Å²) in [6, 6.07) is 13.5. The van der Waals surface area contributed by atoms with Crippen LogP contribution in [-0.2, 0) is 14.3 Å². The van der Waals surface area contributed by atoms with Crippen LogP contribution in [0, 0.1) is 0 Å². The smallest absolute Gasteiger partial charge is 0.326 e. The molecule has 148 valence electrons. The van der Waals surface area contributed by atoms with Crippen molar-refractivity contribution in [1.82, 2.24) is 5.32 Å². The molecule has 0 fully saturated rings. The van der Waals surface area contributed by atoms with Crippen LogP contribution < -0.4 is 20.1 Å². The third kappa shape index (κ3) is 5.47. The van der Waals surface area contributed by atoms with Crippen LogP contribution in [0.1, 0.15) is 17.3 Å². The van der Waals surface area contributed by atoms with E-state index in [4.69, 9.17) is 14.2 Å². The zero-order valence-corrected chi connectivity index (χ0v) is 15.9. The molecule has 8 heteroatoms. The fraction of sp³-hybridized carbons (Fsp3) is 0.250. The van der Waals surface area contributed by atoms with Crippen molar-refractivity contribution in [3.8, 4) is 11.5 Å². The van der Waals surface area contributed by atoms with Gasteiger partial charge in [-0.1, -0.05) is 24.3 Å². The van der Waals surface area contributed by atoms with E-state index in [1.165, 1.54) is 21.1 Å². The lowest BCUT2D eigenvalue weighted by Gasteiger charge is -2.15. The molecule has 0 spiro atoms. The molecule has 0 bridgehead atoms. The van der Waals surface area contributed by atoms with Crippen molar-refractivity contribution in [1.29, 1.82) is 0 Å². The van der Waals surface area contributed by atoms with Crippen LogP contribution >= 0.6 is 0 Å². The number of esters is 1. The van der Waals surface area contributed by atoms with Crippen LogP contribution in [0.25, 0.3) is 0 Å². The molecule has 0 radical (unpaired) electrons. The number of rotatable bonds is 8. The maximum absolute atomic E-state index is 12.2. The van der Waals surface area contributed by atoms with Crippen molar-refractivity contribution in [2.24, 2.45) is 0 Å². The largest absolute Gasteiger partial charge is 0.496 e. The highest BCUT2D eigenvalue weighted by atomic mass is 16.5. The molecule has 0 aliphatic rings. The van der Waals surface area contributed by atoms with Gasteiger partial charge in [0.05, 0.1) is 25.5 Å². The summed E-state index contributed by atoms with van der Waals surface area (Å²) < 4.78 is 15.3. The standard InChI is InChI=1S/C20H22N2O6/c1-13(19(24)22-15-9-5-7-11-17(15)27-3)28-18(23)12-21-20(25)14-8-4-6-10-16(14)26-2/h4-11,13H,12H2,1-3H3,(H,21,25)(H,22,24)/t13-/m0/s1. The molecule has 28 heavy (non-hydrogen) atoms. The number of hydrogen-bond donors (Lipinski definition) is 2. The molecule has 1 atom stereocenters. The van der Waals surface area contributed by atoms with Gasteiger partial charge in [-0.2, -0.15) is 0 Å². The molecule has 2 N–H and O–H groups in total. The lowest BCUT2D eigenvalue weighted by atomic mass is 10.2. The van der Waals surface area contributed by atoms with Crippen LogP contribution in [0.2, 0.25) is 0 Å². The Morgan fingerprint density at radius 2 is 1.54 bits per heavy atom. The third-order valence-corrected chi connectivity index (χ3v) is 3.79. The summed E-state index contributed by atoms with van der Waals surface area (Å²) in [6.45, 7) is 1.05. The molecule has 2 rings (SSSR count). The van der Waals surface area contributed by atoms with E-state index in [9.17, 15) is 14.4 Å². The van der Waals surface area contributed by atoms with Gasteiger partial charge in [-0.25, -0.2) is 0 Å². The molecule has 0 aromatic heterocycles. The first kappa shape index (κ1) is 20.8. The number of nitrogens with one attached hydrogen (secondary N) is 2. The van der Waals surface area contributed by atoms with E-state index < -0.39 is 23.9 Å². The fourth-order valence-electron chi connectivity index (χ4n) is 2.35. The molecular weight excluding hydrogens is 364 g/mol. The topological polar surface area (TPSA) is 103 Å². The summed E-state index contributed by atoms with van der Waals surface area (Å²) in [4.78, 5) is 36.3. The van der Waals surface area contributed by atoms with Crippen LogP contribution in [0.5, 0.6) is 11.5 Å². The first-order valence-corrected chi connectivity index (χ1v) is 8.50. The monoisotopic (exact) mass is 386 g/mol. The van der Waals surface area contributed by atoms with E-state index >= 15 is 0 Å². The summed E-state index contributed by atoms with van der Waals surface area (Å²) in [7, 11) is 2.93. The van der Waals surface area contributed by atoms with E-state index in [-0.39, 0.29) is 6.54 Å². The molecule has 8 nitrogen and oxygen atoms in total. The number of benzene rings is 2. The van der Waals surface area contributed by atoms with Gasteiger partial charge in [0, 0.05) is 0 Å². The second kappa shape index (κ2) is 9.96. The first-order chi connectivity index (χ1) is 13.5. The second-order valence-corrected chi connectivity index (χ2v) is 5.70.